The lowest BCUT2D eigenvalue weighted by atomic mass is 10.3. The van der Waals surface area contributed by atoms with Crippen molar-refractivity contribution in [1.82, 2.24) is 4.31 Å². The summed E-state index contributed by atoms with van der Waals surface area (Å²) in [5.74, 6) is -9.62. The van der Waals surface area contributed by atoms with Gasteiger partial charge in [0.2, 0.25) is 5.82 Å². The predicted molar refractivity (Wildman–Crippen MR) is 69.4 cm³/mol. The standard InChI is InChI=1S/C14H10F5NOS/c15-9-10(16)12(18)14(13(19)11(9)17)22-20(8-1-2-8)5-7-3-4-21-6-7/h3-4,6,8H,1-2,5H2. The maximum atomic E-state index is 13.7. The molecular weight excluding hydrogens is 325 g/mol. The van der Waals surface area contributed by atoms with Gasteiger partial charge in [0.15, 0.2) is 23.3 Å². The first-order valence-electron chi connectivity index (χ1n) is 6.46. The topological polar surface area (TPSA) is 16.4 Å². The van der Waals surface area contributed by atoms with Gasteiger partial charge in [-0.15, -0.1) is 0 Å². The van der Waals surface area contributed by atoms with Gasteiger partial charge < -0.3 is 4.42 Å². The molecule has 1 aromatic carbocycles. The molecule has 1 aliphatic rings. The van der Waals surface area contributed by atoms with E-state index in [0.29, 0.717) is 11.9 Å². The summed E-state index contributed by atoms with van der Waals surface area (Å²) in [5, 5.41) is 0. The minimum atomic E-state index is -2.15. The maximum Gasteiger partial charge on any atom is 0.200 e. The van der Waals surface area contributed by atoms with E-state index in [2.05, 4.69) is 0 Å². The molecule has 2 nitrogen and oxygen atoms in total. The summed E-state index contributed by atoms with van der Waals surface area (Å²) in [6.07, 6.45) is 4.53. The molecule has 0 atom stereocenters. The normalized spacial score (nSPS) is 14.8. The van der Waals surface area contributed by atoms with Gasteiger partial charge in [-0.2, -0.15) is 0 Å². The molecule has 0 saturated heterocycles. The molecule has 1 heterocycles. The molecule has 0 bridgehead atoms. The molecule has 8 heteroatoms. The van der Waals surface area contributed by atoms with Crippen molar-refractivity contribution in [3.8, 4) is 0 Å². The lowest BCUT2D eigenvalue weighted by Crippen LogP contribution is -2.18. The Bertz CT molecular complexity index is 658. The van der Waals surface area contributed by atoms with Crippen molar-refractivity contribution in [3.05, 3.63) is 53.2 Å². The summed E-state index contributed by atoms with van der Waals surface area (Å²) in [7, 11) is 0. The number of benzene rings is 1. The molecular formula is C14H10F5NOS. The average molecular weight is 335 g/mol. The molecule has 1 aliphatic carbocycles. The van der Waals surface area contributed by atoms with Gasteiger partial charge in [0.1, 0.15) is 4.90 Å². The van der Waals surface area contributed by atoms with Crippen LogP contribution < -0.4 is 0 Å². The van der Waals surface area contributed by atoms with E-state index >= 15 is 0 Å². The molecule has 0 aliphatic heterocycles. The average Bonchev–Trinajstić information content (AvgIpc) is 3.24. The zero-order valence-corrected chi connectivity index (χ0v) is 11.9. The number of furan rings is 1. The van der Waals surface area contributed by atoms with E-state index in [1.54, 1.807) is 10.4 Å². The van der Waals surface area contributed by atoms with Crippen molar-refractivity contribution in [1.29, 1.82) is 0 Å². The Morgan fingerprint density at radius 3 is 2.09 bits per heavy atom. The third-order valence-electron chi connectivity index (χ3n) is 3.25. The monoisotopic (exact) mass is 335 g/mol. The van der Waals surface area contributed by atoms with Crippen molar-refractivity contribution in [2.24, 2.45) is 0 Å². The Labute approximate surface area is 127 Å². The Kier molecular flexibility index (Phi) is 4.14. The molecule has 1 aromatic heterocycles. The number of hydrogen-bond acceptors (Lipinski definition) is 3. The van der Waals surface area contributed by atoms with Crippen LogP contribution in [0.2, 0.25) is 0 Å². The minimum absolute atomic E-state index is 0.0369. The fourth-order valence-electron chi connectivity index (χ4n) is 1.94. The van der Waals surface area contributed by atoms with Crippen LogP contribution >= 0.6 is 11.9 Å². The Hall–Kier alpha value is -1.54. The molecule has 0 radical (unpaired) electrons. The summed E-state index contributed by atoms with van der Waals surface area (Å²) in [6, 6.07) is 1.71. The first-order chi connectivity index (χ1) is 10.5. The van der Waals surface area contributed by atoms with Gasteiger partial charge in [-0.3, -0.25) is 0 Å². The van der Waals surface area contributed by atoms with E-state index in [-0.39, 0.29) is 12.6 Å². The van der Waals surface area contributed by atoms with Crippen molar-refractivity contribution in [2.75, 3.05) is 0 Å². The highest BCUT2D eigenvalue weighted by Gasteiger charge is 2.34. The molecule has 3 rings (SSSR count). The summed E-state index contributed by atoms with van der Waals surface area (Å²) in [6.45, 7) is 0.283. The van der Waals surface area contributed by atoms with E-state index in [0.717, 1.165) is 18.4 Å². The molecule has 118 valence electrons. The molecule has 0 N–H and O–H groups in total. The maximum absolute atomic E-state index is 13.7. The quantitative estimate of drug-likeness (QED) is 0.343. The van der Waals surface area contributed by atoms with Crippen LogP contribution in [-0.4, -0.2) is 10.3 Å². The Morgan fingerprint density at radius 2 is 1.59 bits per heavy atom. The minimum Gasteiger partial charge on any atom is -0.472 e. The zero-order chi connectivity index (χ0) is 15.9. The molecule has 0 unspecified atom stereocenters. The van der Waals surface area contributed by atoms with Gasteiger partial charge in [0, 0.05) is 18.2 Å². The van der Waals surface area contributed by atoms with Gasteiger partial charge >= 0.3 is 0 Å². The van der Waals surface area contributed by atoms with Crippen LogP contribution in [0.5, 0.6) is 0 Å². The largest absolute Gasteiger partial charge is 0.472 e. The second kappa shape index (κ2) is 5.92. The molecule has 1 fully saturated rings. The highest BCUT2D eigenvalue weighted by atomic mass is 32.2. The van der Waals surface area contributed by atoms with Gasteiger partial charge in [-0.1, -0.05) is 0 Å². The second-order valence-corrected chi connectivity index (χ2v) is 5.99. The SMILES string of the molecule is Fc1c(F)c(F)c(SN(Cc2ccoc2)C2CC2)c(F)c1F. The van der Waals surface area contributed by atoms with Crippen LogP contribution in [0, 0.1) is 29.1 Å². The molecule has 2 aromatic rings. The van der Waals surface area contributed by atoms with Crippen LogP contribution in [0.4, 0.5) is 22.0 Å². The first-order valence-corrected chi connectivity index (χ1v) is 7.23. The summed E-state index contributed by atoms with van der Waals surface area (Å²) < 4.78 is 73.5. The van der Waals surface area contributed by atoms with Crippen molar-refractivity contribution in [3.63, 3.8) is 0 Å². The lowest BCUT2D eigenvalue weighted by Gasteiger charge is -2.20. The Morgan fingerprint density at radius 1 is 1.00 bits per heavy atom. The third-order valence-corrected chi connectivity index (χ3v) is 4.45. The third kappa shape index (κ3) is 2.85. The van der Waals surface area contributed by atoms with E-state index in [9.17, 15) is 22.0 Å². The smallest absolute Gasteiger partial charge is 0.200 e. The number of rotatable bonds is 5. The number of nitrogens with zero attached hydrogens (tertiary/aromatic N) is 1. The fraction of sp³-hybridized carbons (Fsp3) is 0.286. The fourth-order valence-corrected chi connectivity index (χ4v) is 3.09. The number of hydrogen-bond donors (Lipinski definition) is 0. The van der Waals surface area contributed by atoms with Crippen LogP contribution in [-0.2, 0) is 6.54 Å². The van der Waals surface area contributed by atoms with Crippen molar-refractivity contribution in [2.45, 2.75) is 30.3 Å². The molecule has 22 heavy (non-hydrogen) atoms. The summed E-state index contributed by atoms with van der Waals surface area (Å²) in [4.78, 5) is -0.883. The second-order valence-electron chi connectivity index (χ2n) is 4.93. The predicted octanol–water partition coefficient (Wildman–Crippen LogP) is 4.65. The highest BCUT2D eigenvalue weighted by molar-refractivity contribution is 7.97. The van der Waals surface area contributed by atoms with Crippen molar-refractivity contribution < 1.29 is 26.4 Å². The Balaban J connectivity index is 1.90. The van der Waals surface area contributed by atoms with Crippen LogP contribution in [0.25, 0.3) is 0 Å². The van der Waals surface area contributed by atoms with Gasteiger partial charge in [0.05, 0.1) is 12.5 Å². The van der Waals surface area contributed by atoms with Crippen LogP contribution in [0.3, 0.4) is 0 Å². The summed E-state index contributed by atoms with van der Waals surface area (Å²) >= 11 is 0.543. The van der Waals surface area contributed by atoms with Gasteiger partial charge in [-0.05, 0) is 30.9 Å². The van der Waals surface area contributed by atoms with Crippen LogP contribution in [0.1, 0.15) is 18.4 Å². The summed E-state index contributed by atoms with van der Waals surface area (Å²) in [5.41, 5.74) is 0.753. The molecule has 1 saturated carbocycles. The van der Waals surface area contributed by atoms with Gasteiger partial charge in [-0.25, -0.2) is 26.3 Å². The van der Waals surface area contributed by atoms with Crippen LogP contribution in [0.15, 0.2) is 27.9 Å². The van der Waals surface area contributed by atoms with Gasteiger partial charge in [0.25, 0.3) is 0 Å². The van der Waals surface area contributed by atoms with E-state index in [4.69, 9.17) is 4.42 Å². The molecule has 0 spiro atoms. The first kappa shape index (κ1) is 15.4. The van der Waals surface area contributed by atoms with E-state index < -0.39 is 34.0 Å². The zero-order valence-electron chi connectivity index (χ0n) is 11.1. The molecule has 0 amide bonds. The number of halogens is 5. The highest BCUT2D eigenvalue weighted by Crippen LogP contribution is 2.40. The van der Waals surface area contributed by atoms with E-state index in [1.807, 2.05) is 0 Å². The van der Waals surface area contributed by atoms with Crippen molar-refractivity contribution >= 4 is 11.9 Å². The van der Waals surface area contributed by atoms with E-state index in [1.165, 1.54) is 12.5 Å². The lowest BCUT2D eigenvalue weighted by molar-refractivity contribution is 0.358.